The first-order valence-corrected chi connectivity index (χ1v) is 7.24. The molecule has 2 aromatic carbocycles. The number of halogens is 1. The van der Waals surface area contributed by atoms with Crippen LogP contribution in [0, 0.1) is 0 Å². The monoisotopic (exact) mass is 306 g/mol. The van der Waals surface area contributed by atoms with Gasteiger partial charge in [0, 0.05) is 11.8 Å². The van der Waals surface area contributed by atoms with Gasteiger partial charge in [-0.05, 0) is 38.1 Å². The van der Waals surface area contributed by atoms with Crippen molar-refractivity contribution in [2.24, 2.45) is 0 Å². The topological polar surface area (TPSA) is 56.5 Å². The Hall–Kier alpha value is -2.07. The molecule has 0 saturated heterocycles. The maximum Gasteiger partial charge on any atom is 0.163 e. The maximum absolute atomic E-state index is 6.02. The van der Waals surface area contributed by atoms with Crippen molar-refractivity contribution >= 4 is 28.7 Å². The van der Waals surface area contributed by atoms with E-state index < -0.39 is 0 Å². The molecule has 0 aliphatic carbocycles. The van der Waals surface area contributed by atoms with Crippen LogP contribution in [-0.2, 0) is 0 Å². The highest BCUT2D eigenvalue weighted by Crippen LogP contribution is 2.34. The van der Waals surface area contributed by atoms with Crippen molar-refractivity contribution in [3.63, 3.8) is 0 Å². The van der Waals surface area contributed by atoms with Crippen molar-refractivity contribution in [2.45, 2.75) is 13.8 Å². The summed E-state index contributed by atoms with van der Waals surface area (Å²) in [4.78, 5) is 0. The fourth-order valence-electron chi connectivity index (χ4n) is 1.93. The van der Waals surface area contributed by atoms with Gasteiger partial charge < -0.3 is 20.5 Å². The van der Waals surface area contributed by atoms with E-state index in [1.54, 1.807) is 6.07 Å². The van der Waals surface area contributed by atoms with Gasteiger partial charge in [-0.1, -0.05) is 17.7 Å². The molecule has 2 rings (SSSR count). The molecule has 0 radical (unpaired) electrons. The molecule has 0 heterocycles. The van der Waals surface area contributed by atoms with Crippen LogP contribution in [0.4, 0.5) is 17.1 Å². The highest BCUT2D eigenvalue weighted by molar-refractivity contribution is 6.33. The normalized spacial score (nSPS) is 10.2. The molecule has 0 aliphatic heterocycles. The van der Waals surface area contributed by atoms with E-state index in [0.29, 0.717) is 29.7 Å². The van der Waals surface area contributed by atoms with Crippen LogP contribution in [0.5, 0.6) is 11.5 Å². The summed E-state index contributed by atoms with van der Waals surface area (Å²) in [5, 5.41) is 3.76. The molecule has 5 heteroatoms. The zero-order chi connectivity index (χ0) is 15.2. The van der Waals surface area contributed by atoms with Gasteiger partial charge in [0.1, 0.15) is 0 Å². The molecule has 0 spiro atoms. The molecule has 0 amide bonds. The summed E-state index contributed by atoms with van der Waals surface area (Å²) in [5.74, 6) is 1.42. The Kier molecular flexibility index (Phi) is 5.17. The van der Waals surface area contributed by atoms with E-state index >= 15 is 0 Å². The second-order valence-electron chi connectivity index (χ2n) is 4.35. The minimum absolute atomic E-state index is 0.519. The lowest BCUT2D eigenvalue weighted by Crippen LogP contribution is -2.00. The molecule has 0 aromatic heterocycles. The first kappa shape index (κ1) is 15.3. The van der Waals surface area contributed by atoms with Crippen molar-refractivity contribution < 1.29 is 9.47 Å². The van der Waals surface area contributed by atoms with Crippen LogP contribution in [-0.4, -0.2) is 13.2 Å². The van der Waals surface area contributed by atoms with Crippen molar-refractivity contribution in [3.8, 4) is 11.5 Å². The number of nitrogens with one attached hydrogen (secondary N) is 1. The lowest BCUT2D eigenvalue weighted by molar-refractivity contribution is 0.288. The number of hydrogen-bond acceptors (Lipinski definition) is 4. The SMILES string of the molecule is CCOc1ccc(Nc2cccc(Cl)c2N)cc1OCC. The third kappa shape index (κ3) is 3.73. The van der Waals surface area contributed by atoms with E-state index in [0.717, 1.165) is 17.1 Å². The third-order valence-corrected chi connectivity index (χ3v) is 3.20. The van der Waals surface area contributed by atoms with Gasteiger partial charge in [-0.2, -0.15) is 0 Å². The number of para-hydroxylation sites is 1. The molecule has 0 saturated carbocycles. The van der Waals surface area contributed by atoms with E-state index in [1.165, 1.54) is 0 Å². The zero-order valence-corrected chi connectivity index (χ0v) is 12.9. The molecule has 21 heavy (non-hydrogen) atoms. The van der Waals surface area contributed by atoms with Crippen LogP contribution in [0.3, 0.4) is 0 Å². The Bertz CT molecular complexity index is 617. The summed E-state index contributed by atoms with van der Waals surface area (Å²) in [6.07, 6.45) is 0. The average molecular weight is 307 g/mol. The van der Waals surface area contributed by atoms with E-state index in [1.807, 2.05) is 44.2 Å². The summed E-state index contributed by atoms with van der Waals surface area (Å²) in [6, 6.07) is 11.1. The molecule has 3 N–H and O–H groups in total. The third-order valence-electron chi connectivity index (χ3n) is 2.88. The fraction of sp³-hybridized carbons (Fsp3) is 0.250. The van der Waals surface area contributed by atoms with Gasteiger partial charge >= 0.3 is 0 Å². The predicted octanol–water partition coefficient (Wildman–Crippen LogP) is 4.46. The standard InChI is InChI=1S/C16H19ClN2O2/c1-3-20-14-9-8-11(10-15(14)21-4-2)19-13-7-5-6-12(17)16(13)18/h5-10,19H,3-4,18H2,1-2H3. The number of rotatable bonds is 6. The Morgan fingerprint density at radius 2 is 1.76 bits per heavy atom. The summed E-state index contributed by atoms with van der Waals surface area (Å²) < 4.78 is 11.1. The number of anilines is 3. The zero-order valence-electron chi connectivity index (χ0n) is 12.2. The molecular formula is C16H19ClN2O2. The lowest BCUT2D eigenvalue weighted by atomic mass is 10.2. The minimum Gasteiger partial charge on any atom is -0.490 e. The van der Waals surface area contributed by atoms with Crippen molar-refractivity contribution in [1.82, 2.24) is 0 Å². The number of nitrogen functional groups attached to an aromatic ring is 1. The summed E-state index contributed by atoms with van der Waals surface area (Å²) in [7, 11) is 0. The summed E-state index contributed by atoms with van der Waals surface area (Å²) in [6.45, 7) is 5.04. The molecule has 0 unspecified atom stereocenters. The molecular weight excluding hydrogens is 288 g/mol. The van der Waals surface area contributed by atoms with E-state index in [-0.39, 0.29) is 0 Å². The number of nitrogens with two attached hydrogens (primary N) is 1. The van der Waals surface area contributed by atoms with Crippen molar-refractivity contribution in [2.75, 3.05) is 24.3 Å². The van der Waals surface area contributed by atoms with Crippen molar-refractivity contribution in [3.05, 3.63) is 41.4 Å². The fourth-order valence-corrected chi connectivity index (χ4v) is 2.10. The molecule has 0 bridgehead atoms. The first-order chi connectivity index (χ1) is 10.2. The number of hydrogen-bond donors (Lipinski definition) is 2. The average Bonchev–Trinajstić information content (AvgIpc) is 2.47. The quantitative estimate of drug-likeness (QED) is 0.773. The molecule has 112 valence electrons. The van der Waals surface area contributed by atoms with Gasteiger partial charge in [0.2, 0.25) is 0 Å². The number of benzene rings is 2. The molecule has 2 aromatic rings. The Balaban J connectivity index is 2.28. The second kappa shape index (κ2) is 7.09. The largest absolute Gasteiger partial charge is 0.490 e. The lowest BCUT2D eigenvalue weighted by Gasteiger charge is -2.14. The molecule has 0 atom stereocenters. The van der Waals surface area contributed by atoms with Crippen LogP contribution in [0.25, 0.3) is 0 Å². The van der Waals surface area contributed by atoms with E-state index in [4.69, 9.17) is 26.8 Å². The van der Waals surface area contributed by atoms with Gasteiger partial charge in [-0.15, -0.1) is 0 Å². The van der Waals surface area contributed by atoms with Crippen LogP contribution in [0.15, 0.2) is 36.4 Å². The Morgan fingerprint density at radius 3 is 2.48 bits per heavy atom. The van der Waals surface area contributed by atoms with E-state index in [2.05, 4.69) is 5.32 Å². The van der Waals surface area contributed by atoms with Crippen LogP contribution in [0.2, 0.25) is 5.02 Å². The molecule has 0 fully saturated rings. The van der Waals surface area contributed by atoms with Gasteiger partial charge in [0.25, 0.3) is 0 Å². The van der Waals surface area contributed by atoms with Crippen LogP contribution in [0.1, 0.15) is 13.8 Å². The molecule has 0 aliphatic rings. The van der Waals surface area contributed by atoms with Gasteiger partial charge in [-0.3, -0.25) is 0 Å². The smallest absolute Gasteiger partial charge is 0.163 e. The number of ether oxygens (including phenoxy) is 2. The maximum atomic E-state index is 6.02. The Labute approximate surface area is 129 Å². The Morgan fingerprint density at radius 1 is 1.05 bits per heavy atom. The highest BCUT2D eigenvalue weighted by atomic mass is 35.5. The summed E-state index contributed by atoms with van der Waals surface area (Å²) >= 11 is 6.02. The van der Waals surface area contributed by atoms with Gasteiger partial charge in [0.05, 0.1) is 29.6 Å². The molecule has 4 nitrogen and oxygen atoms in total. The van der Waals surface area contributed by atoms with Gasteiger partial charge in [-0.25, -0.2) is 0 Å². The van der Waals surface area contributed by atoms with Crippen LogP contribution < -0.4 is 20.5 Å². The highest BCUT2D eigenvalue weighted by Gasteiger charge is 2.08. The summed E-state index contributed by atoms with van der Waals surface area (Å²) in [5.41, 5.74) is 8.09. The first-order valence-electron chi connectivity index (χ1n) is 6.86. The van der Waals surface area contributed by atoms with E-state index in [9.17, 15) is 0 Å². The second-order valence-corrected chi connectivity index (χ2v) is 4.76. The minimum atomic E-state index is 0.519. The van der Waals surface area contributed by atoms with Gasteiger partial charge in [0.15, 0.2) is 11.5 Å². The predicted molar refractivity (Wildman–Crippen MR) is 87.9 cm³/mol. The van der Waals surface area contributed by atoms with Crippen molar-refractivity contribution in [1.29, 1.82) is 0 Å². The van der Waals surface area contributed by atoms with Crippen LogP contribution >= 0.6 is 11.6 Å².